The van der Waals surface area contributed by atoms with Crippen molar-refractivity contribution in [3.63, 3.8) is 0 Å². The van der Waals surface area contributed by atoms with Gasteiger partial charge in [-0.1, -0.05) is 29.8 Å². The zero-order valence-electron chi connectivity index (χ0n) is 16.9. The van der Waals surface area contributed by atoms with Crippen molar-refractivity contribution in [2.24, 2.45) is 5.92 Å². The normalized spacial score (nSPS) is 17.7. The van der Waals surface area contributed by atoms with E-state index in [4.69, 9.17) is 11.6 Å². The summed E-state index contributed by atoms with van der Waals surface area (Å²) in [5.41, 5.74) is 4.00. The monoisotopic (exact) mass is 425 g/mol. The molecule has 1 fully saturated rings. The van der Waals surface area contributed by atoms with Gasteiger partial charge in [-0.2, -0.15) is 0 Å². The molecule has 1 aliphatic heterocycles. The van der Waals surface area contributed by atoms with Crippen LogP contribution in [-0.2, 0) is 27.2 Å². The molecule has 3 amide bonds. The predicted molar refractivity (Wildman–Crippen MR) is 117 cm³/mol. The van der Waals surface area contributed by atoms with Crippen LogP contribution in [0.5, 0.6) is 0 Å². The number of para-hydroxylation sites is 1. The van der Waals surface area contributed by atoms with Crippen LogP contribution < -0.4 is 10.2 Å². The average Bonchev–Trinajstić information content (AvgIpc) is 3.34. The first-order chi connectivity index (χ1) is 14.4. The van der Waals surface area contributed by atoms with Gasteiger partial charge in [-0.25, -0.2) is 0 Å². The molecule has 156 valence electrons. The van der Waals surface area contributed by atoms with E-state index in [0.717, 1.165) is 24.9 Å². The molecule has 1 saturated heterocycles. The minimum Gasteiger partial charge on any atom is -0.336 e. The van der Waals surface area contributed by atoms with Crippen LogP contribution in [0.2, 0.25) is 5.02 Å². The molecule has 1 N–H and O–H groups in total. The zero-order valence-corrected chi connectivity index (χ0v) is 17.6. The van der Waals surface area contributed by atoms with Crippen LogP contribution in [0.1, 0.15) is 24.0 Å². The molecule has 1 heterocycles. The number of hydrogen-bond donors (Lipinski definition) is 1. The number of amides is 3. The maximum Gasteiger partial charge on any atom is 0.244 e. The molecule has 2 aromatic rings. The maximum atomic E-state index is 12.9. The average molecular weight is 426 g/mol. The SMILES string of the molecule is CN(CC(=O)Nc1ccccc1Cl)C(=O)C1CC(=O)N(c2ccc3c(c2)CCC3)C1. The van der Waals surface area contributed by atoms with E-state index in [1.807, 2.05) is 6.07 Å². The van der Waals surface area contributed by atoms with Gasteiger partial charge in [-0.05, 0) is 54.7 Å². The number of anilines is 2. The fourth-order valence-electron chi connectivity index (χ4n) is 4.21. The zero-order chi connectivity index (χ0) is 21.3. The highest BCUT2D eigenvalue weighted by atomic mass is 35.5. The van der Waals surface area contributed by atoms with Gasteiger partial charge in [0.25, 0.3) is 0 Å². The van der Waals surface area contributed by atoms with E-state index >= 15 is 0 Å². The van der Waals surface area contributed by atoms with Gasteiger partial charge in [0.2, 0.25) is 17.7 Å². The molecule has 0 spiro atoms. The summed E-state index contributed by atoms with van der Waals surface area (Å²) < 4.78 is 0. The molecule has 4 rings (SSSR count). The molecule has 30 heavy (non-hydrogen) atoms. The summed E-state index contributed by atoms with van der Waals surface area (Å²) in [6, 6.07) is 13.1. The second kappa shape index (κ2) is 8.48. The fourth-order valence-corrected chi connectivity index (χ4v) is 4.39. The molecule has 1 unspecified atom stereocenters. The molecule has 1 atom stereocenters. The number of carbonyl (C=O) groups excluding carboxylic acids is 3. The van der Waals surface area contributed by atoms with E-state index in [1.54, 1.807) is 36.2 Å². The summed E-state index contributed by atoms with van der Waals surface area (Å²) in [5.74, 6) is -1.05. The number of fused-ring (bicyclic) bond motifs is 1. The lowest BCUT2D eigenvalue weighted by molar-refractivity contribution is -0.137. The molecule has 0 saturated carbocycles. The molecule has 1 aliphatic carbocycles. The largest absolute Gasteiger partial charge is 0.336 e. The topological polar surface area (TPSA) is 69.7 Å². The van der Waals surface area contributed by atoms with E-state index in [1.165, 1.54) is 16.0 Å². The number of likely N-dealkylation sites (N-methyl/N-ethyl adjacent to an activating group) is 1. The van der Waals surface area contributed by atoms with E-state index < -0.39 is 5.92 Å². The van der Waals surface area contributed by atoms with Crippen LogP contribution in [0.25, 0.3) is 0 Å². The second-order valence-electron chi connectivity index (χ2n) is 7.93. The molecule has 7 heteroatoms. The fraction of sp³-hybridized carbons (Fsp3) is 0.348. The van der Waals surface area contributed by atoms with Crippen molar-refractivity contribution in [2.75, 3.05) is 30.4 Å². The highest BCUT2D eigenvalue weighted by Crippen LogP contribution is 2.31. The molecule has 0 aromatic heterocycles. The number of nitrogens with one attached hydrogen (secondary N) is 1. The van der Waals surface area contributed by atoms with Crippen molar-refractivity contribution in [1.29, 1.82) is 0 Å². The molecular weight excluding hydrogens is 402 g/mol. The summed E-state index contributed by atoms with van der Waals surface area (Å²) >= 11 is 6.06. The van der Waals surface area contributed by atoms with Gasteiger partial charge in [0, 0.05) is 25.7 Å². The quantitative estimate of drug-likeness (QED) is 0.799. The summed E-state index contributed by atoms with van der Waals surface area (Å²) in [6.45, 7) is 0.237. The van der Waals surface area contributed by atoms with Crippen LogP contribution in [0.15, 0.2) is 42.5 Å². The van der Waals surface area contributed by atoms with Gasteiger partial charge < -0.3 is 15.1 Å². The number of benzene rings is 2. The third kappa shape index (κ3) is 4.19. The van der Waals surface area contributed by atoms with Crippen LogP contribution >= 0.6 is 11.6 Å². The van der Waals surface area contributed by atoms with Gasteiger partial charge in [-0.3, -0.25) is 14.4 Å². The molecule has 6 nitrogen and oxygen atoms in total. The van der Waals surface area contributed by atoms with Crippen molar-refractivity contribution in [1.82, 2.24) is 4.90 Å². The number of halogens is 1. The molecule has 2 aromatic carbocycles. The van der Waals surface area contributed by atoms with E-state index in [9.17, 15) is 14.4 Å². The summed E-state index contributed by atoms with van der Waals surface area (Å²) in [5, 5.41) is 3.15. The smallest absolute Gasteiger partial charge is 0.244 e. The standard InChI is InChI=1S/C23H24ClN3O3/c1-26(14-21(28)25-20-8-3-2-7-19(20)24)23(30)17-12-22(29)27(13-17)18-10-9-15-5-4-6-16(15)11-18/h2-3,7-11,17H,4-6,12-14H2,1H3,(H,25,28). The Hall–Kier alpha value is -2.86. The highest BCUT2D eigenvalue weighted by Gasteiger charge is 2.37. The molecular formula is C23H24ClN3O3. The Morgan fingerprint density at radius 3 is 2.73 bits per heavy atom. The van der Waals surface area contributed by atoms with Crippen LogP contribution in [0.3, 0.4) is 0 Å². The Bertz CT molecular complexity index is 1010. The Labute approximate surface area is 180 Å². The van der Waals surface area contributed by atoms with Crippen molar-refractivity contribution < 1.29 is 14.4 Å². The van der Waals surface area contributed by atoms with Crippen LogP contribution in [-0.4, -0.2) is 42.8 Å². The molecule has 0 bridgehead atoms. The lowest BCUT2D eigenvalue weighted by Crippen LogP contribution is -2.39. The minimum atomic E-state index is -0.455. The highest BCUT2D eigenvalue weighted by molar-refractivity contribution is 6.33. The second-order valence-corrected chi connectivity index (χ2v) is 8.34. The van der Waals surface area contributed by atoms with Gasteiger partial charge in [0.15, 0.2) is 0 Å². The van der Waals surface area contributed by atoms with Crippen molar-refractivity contribution in [2.45, 2.75) is 25.7 Å². The van der Waals surface area contributed by atoms with Gasteiger partial charge in [0.1, 0.15) is 0 Å². The van der Waals surface area contributed by atoms with E-state index in [0.29, 0.717) is 17.3 Å². The van der Waals surface area contributed by atoms with Crippen LogP contribution in [0.4, 0.5) is 11.4 Å². The Morgan fingerprint density at radius 2 is 1.93 bits per heavy atom. The Balaban J connectivity index is 1.37. The minimum absolute atomic E-state index is 0.0554. The summed E-state index contributed by atoms with van der Waals surface area (Å²) in [4.78, 5) is 40.8. The van der Waals surface area contributed by atoms with Crippen molar-refractivity contribution in [3.05, 3.63) is 58.6 Å². The maximum absolute atomic E-state index is 12.9. The van der Waals surface area contributed by atoms with E-state index in [-0.39, 0.29) is 30.7 Å². The van der Waals surface area contributed by atoms with Gasteiger partial charge in [0.05, 0.1) is 23.2 Å². The number of nitrogens with zero attached hydrogens (tertiary/aromatic N) is 2. The Morgan fingerprint density at radius 1 is 1.17 bits per heavy atom. The molecule has 0 radical (unpaired) electrons. The summed E-state index contributed by atoms with van der Waals surface area (Å²) in [7, 11) is 1.58. The predicted octanol–water partition coefficient (Wildman–Crippen LogP) is 3.28. The first kappa shape index (κ1) is 20.4. The number of hydrogen-bond acceptors (Lipinski definition) is 3. The first-order valence-electron chi connectivity index (χ1n) is 10.1. The van der Waals surface area contributed by atoms with Gasteiger partial charge in [-0.15, -0.1) is 0 Å². The Kier molecular flexibility index (Phi) is 5.77. The first-order valence-corrected chi connectivity index (χ1v) is 10.5. The van der Waals surface area contributed by atoms with Gasteiger partial charge >= 0.3 is 0 Å². The van der Waals surface area contributed by atoms with Crippen molar-refractivity contribution in [3.8, 4) is 0 Å². The third-order valence-electron chi connectivity index (χ3n) is 5.77. The molecule has 2 aliphatic rings. The third-order valence-corrected chi connectivity index (χ3v) is 6.10. The number of rotatable bonds is 5. The van der Waals surface area contributed by atoms with Crippen molar-refractivity contribution >= 4 is 40.7 Å². The number of carbonyl (C=O) groups is 3. The van der Waals surface area contributed by atoms with Crippen LogP contribution in [0, 0.1) is 5.92 Å². The number of aryl methyl sites for hydroxylation is 2. The lowest BCUT2D eigenvalue weighted by Gasteiger charge is -2.21. The lowest BCUT2D eigenvalue weighted by atomic mass is 10.1. The summed E-state index contributed by atoms with van der Waals surface area (Å²) in [6.07, 6.45) is 3.43. The van der Waals surface area contributed by atoms with E-state index in [2.05, 4.69) is 17.4 Å².